The Kier molecular flexibility index (Phi) is 9.60. The number of ether oxygens (including phenoxy) is 6. The molecule has 0 aromatic rings. The van der Waals surface area contributed by atoms with Crippen molar-refractivity contribution in [2.45, 2.75) is 43.5 Å². The van der Waals surface area contributed by atoms with Crippen molar-refractivity contribution in [1.82, 2.24) is 0 Å². The van der Waals surface area contributed by atoms with E-state index in [2.05, 4.69) is 0 Å². The molecule has 1 rings (SSSR count). The Morgan fingerprint density at radius 3 is 2.12 bits per heavy atom. The molecule has 0 amide bonds. The molecule has 0 aromatic heterocycles. The fraction of sp³-hybridized carbons (Fsp3) is 1.00. The largest absolute Gasteiger partial charge is 0.382 e. The zero-order chi connectivity index (χ0) is 18.2. The van der Waals surface area contributed by atoms with Gasteiger partial charge in [-0.15, -0.1) is 0 Å². The molecular weight excluding hydrogens is 344 g/mol. The third-order valence-electron chi connectivity index (χ3n) is 3.81. The molecule has 10 heteroatoms. The van der Waals surface area contributed by atoms with Crippen molar-refractivity contribution in [2.24, 2.45) is 0 Å². The maximum atomic E-state index is 10.7. The second-order valence-electron chi connectivity index (χ2n) is 5.46. The second-order valence-corrected chi connectivity index (χ2v) is 7.04. The van der Waals surface area contributed by atoms with Crippen LogP contribution in [-0.2, 0) is 38.5 Å². The molecule has 144 valence electrons. The molecule has 1 fully saturated rings. The minimum Gasteiger partial charge on any atom is -0.382 e. The average molecular weight is 372 g/mol. The predicted molar refractivity (Wildman–Crippen MR) is 84.5 cm³/mol. The first-order chi connectivity index (χ1) is 11.4. The van der Waals surface area contributed by atoms with Crippen LogP contribution in [0.1, 0.15) is 12.8 Å². The first-order valence-corrected chi connectivity index (χ1v) is 9.28. The highest BCUT2D eigenvalue weighted by Crippen LogP contribution is 2.28. The molecule has 0 radical (unpaired) electrons. The predicted octanol–water partition coefficient (Wildman–Crippen LogP) is 0.0873. The van der Waals surface area contributed by atoms with Crippen LogP contribution in [-0.4, -0.2) is 91.1 Å². The van der Waals surface area contributed by atoms with Gasteiger partial charge in [0.25, 0.3) is 10.1 Å². The second kappa shape index (κ2) is 10.6. The molecule has 1 saturated heterocycles. The molecule has 0 spiro atoms. The van der Waals surface area contributed by atoms with Crippen molar-refractivity contribution in [3.05, 3.63) is 0 Å². The van der Waals surface area contributed by atoms with Crippen LogP contribution in [0.25, 0.3) is 0 Å². The molecule has 0 aromatic carbocycles. The zero-order valence-electron chi connectivity index (χ0n) is 14.5. The summed E-state index contributed by atoms with van der Waals surface area (Å²) >= 11 is 0. The number of hydrogen-bond donors (Lipinski definition) is 1. The van der Waals surface area contributed by atoms with Crippen molar-refractivity contribution in [3.8, 4) is 0 Å². The molecule has 1 aliphatic rings. The number of unbranched alkanes of at least 4 members (excludes halogenated alkanes) is 1. The summed E-state index contributed by atoms with van der Waals surface area (Å²) in [5, 5.41) is 0. The van der Waals surface area contributed by atoms with Crippen molar-refractivity contribution in [1.29, 1.82) is 0 Å². The minimum absolute atomic E-state index is 0.288. The van der Waals surface area contributed by atoms with Gasteiger partial charge in [-0.3, -0.25) is 4.55 Å². The summed E-state index contributed by atoms with van der Waals surface area (Å²) in [7, 11) is 2.19. The molecule has 1 N–H and O–H groups in total. The minimum atomic E-state index is -3.95. The Hall–Kier alpha value is -0.330. The normalized spacial score (nSPS) is 31.3. The smallest absolute Gasteiger partial charge is 0.264 e. The molecule has 1 heterocycles. The van der Waals surface area contributed by atoms with E-state index in [-0.39, 0.29) is 18.5 Å². The zero-order valence-corrected chi connectivity index (χ0v) is 15.4. The summed E-state index contributed by atoms with van der Waals surface area (Å²) in [5.41, 5.74) is 0. The summed E-state index contributed by atoms with van der Waals surface area (Å²) in [5.74, 6) is -0.293. The Morgan fingerprint density at radius 2 is 1.62 bits per heavy atom. The molecule has 24 heavy (non-hydrogen) atoms. The third kappa shape index (κ3) is 6.52. The van der Waals surface area contributed by atoms with Gasteiger partial charge in [0.05, 0.1) is 12.4 Å². The highest BCUT2D eigenvalue weighted by molar-refractivity contribution is 7.85. The lowest BCUT2D eigenvalue weighted by Gasteiger charge is -2.44. The van der Waals surface area contributed by atoms with E-state index in [9.17, 15) is 8.42 Å². The molecule has 1 aliphatic heterocycles. The average Bonchev–Trinajstić information content (AvgIpc) is 2.53. The Balaban J connectivity index is 2.68. The third-order valence-corrected chi connectivity index (χ3v) is 4.61. The van der Waals surface area contributed by atoms with Crippen molar-refractivity contribution in [3.63, 3.8) is 0 Å². The van der Waals surface area contributed by atoms with Crippen molar-refractivity contribution >= 4 is 10.1 Å². The summed E-state index contributed by atoms with van der Waals surface area (Å²) < 4.78 is 63.3. The molecule has 9 nitrogen and oxygen atoms in total. The van der Waals surface area contributed by atoms with Crippen LogP contribution in [0.15, 0.2) is 0 Å². The lowest BCUT2D eigenvalue weighted by atomic mass is 9.98. The SMILES string of the molecule is COC[C@H]1OC(OC)[C@H](OC)[C@@H](OCCCCS(=O)(=O)O)[C@@H]1OC. The van der Waals surface area contributed by atoms with Crippen molar-refractivity contribution in [2.75, 3.05) is 47.4 Å². The first-order valence-electron chi connectivity index (χ1n) is 7.67. The van der Waals surface area contributed by atoms with Crippen LogP contribution in [0.3, 0.4) is 0 Å². The topological polar surface area (TPSA) is 110 Å². The maximum absolute atomic E-state index is 10.7. The summed E-state index contributed by atoms with van der Waals surface area (Å²) in [6.07, 6.45) is -1.66. The van der Waals surface area contributed by atoms with Gasteiger partial charge in [-0.1, -0.05) is 0 Å². The van der Waals surface area contributed by atoms with Gasteiger partial charge in [0.2, 0.25) is 0 Å². The van der Waals surface area contributed by atoms with E-state index in [1.807, 2.05) is 0 Å². The van der Waals surface area contributed by atoms with Crippen LogP contribution >= 0.6 is 0 Å². The lowest BCUT2D eigenvalue weighted by Crippen LogP contribution is -2.61. The quantitative estimate of drug-likeness (QED) is 0.398. The van der Waals surface area contributed by atoms with Crippen LogP contribution in [0.4, 0.5) is 0 Å². The summed E-state index contributed by atoms with van der Waals surface area (Å²) in [6.45, 7) is 0.591. The fourth-order valence-electron chi connectivity index (χ4n) is 2.70. The summed E-state index contributed by atoms with van der Waals surface area (Å²) in [4.78, 5) is 0. The van der Waals surface area contributed by atoms with Crippen LogP contribution in [0.2, 0.25) is 0 Å². The first kappa shape index (κ1) is 21.7. The van der Waals surface area contributed by atoms with Crippen LogP contribution in [0, 0.1) is 0 Å². The highest BCUT2D eigenvalue weighted by Gasteiger charge is 2.47. The molecule has 0 bridgehead atoms. The molecule has 0 aliphatic carbocycles. The van der Waals surface area contributed by atoms with Gasteiger partial charge in [-0.2, -0.15) is 8.42 Å². The van der Waals surface area contributed by atoms with Crippen LogP contribution < -0.4 is 0 Å². The summed E-state index contributed by atoms with van der Waals surface area (Å²) in [6, 6.07) is 0. The van der Waals surface area contributed by atoms with Gasteiger partial charge in [-0.25, -0.2) is 0 Å². The van der Waals surface area contributed by atoms with E-state index in [0.29, 0.717) is 19.4 Å². The monoisotopic (exact) mass is 372 g/mol. The standard InChI is InChI=1S/C14H28O9S/c1-18-9-10-11(19-2)12(13(20-3)14(21-4)23-10)22-7-5-6-8-24(15,16)17/h10-14H,5-9H2,1-4H3,(H,15,16,17)/t10-,11-,12+,13-,14?/m1/s1. The van der Waals surface area contributed by atoms with Gasteiger partial charge in [-0.05, 0) is 12.8 Å². The van der Waals surface area contributed by atoms with E-state index >= 15 is 0 Å². The van der Waals surface area contributed by atoms with E-state index < -0.39 is 34.7 Å². The molecule has 0 saturated carbocycles. The van der Waals surface area contributed by atoms with Gasteiger partial charge in [0.15, 0.2) is 6.29 Å². The van der Waals surface area contributed by atoms with Crippen molar-refractivity contribution < 1.29 is 41.4 Å². The Bertz CT molecular complexity index is 442. The Labute approximate surface area is 143 Å². The number of rotatable bonds is 11. The highest BCUT2D eigenvalue weighted by atomic mass is 32.2. The van der Waals surface area contributed by atoms with Gasteiger partial charge in [0, 0.05) is 35.0 Å². The van der Waals surface area contributed by atoms with E-state index in [4.69, 9.17) is 33.0 Å². The van der Waals surface area contributed by atoms with E-state index in [1.165, 1.54) is 14.2 Å². The fourth-order valence-corrected chi connectivity index (χ4v) is 3.26. The van der Waals surface area contributed by atoms with Gasteiger partial charge in [0.1, 0.15) is 24.4 Å². The van der Waals surface area contributed by atoms with E-state index in [0.717, 1.165) is 0 Å². The molecular formula is C14H28O9S. The van der Waals surface area contributed by atoms with E-state index in [1.54, 1.807) is 14.2 Å². The van der Waals surface area contributed by atoms with Gasteiger partial charge < -0.3 is 28.4 Å². The Morgan fingerprint density at radius 1 is 0.958 bits per heavy atom. The number of hydrogen-bond acceptors (Lipinski definition) is 8. The maximum Gasteiger partial charge on any atom is 0.264 e. The molecule has 1 unspecified atom stereocenters. The van der Waals surface area contributed by atoms with Gasteiger partial charge >= 0.3 is 0 Å². The molecule has 5 atom stereocenters. The number of methoxy groups -OCH3 is 4. The van der Waals surface area contributed by atoms with Crippen LogP contribution in [0.5, 0.6) is 0 Å². The lowest BCUT2D eigenvalue weighted by molar-refractivity contribution is -0.310.